The van der Waals surface area contributed by atoms with Crippen LogP contribution in [0.4, 0.5) is 13.2 Å². The van der Waals surface area contributed by atoms with E-state index in [1.54, 1.807) is 0 Å². The third-order valence-electron chi connectivity index (χ3n) is 3.21. The summed E-state index contributed by atoms with van der Waals surface area (Å²) in [5.74, 6) is -2.36. The molecule has 1 rings (SSSR count). The van der Waals surface area contributed by atoms with Gasteiger partial charge in [-0.25, -0.2) is 4.79 Å². The molecule has 0 bridgehead atoms. The normalized spacial score (nSPS) is 13.5. The summed E-state index contributed by atoms with van der Waals surface area (Å²) >= 11 is 0. The first kappa shape index (κ1) is 18.0. The van der Waals surface area contributed by atoms with E-state index in [4.69, 9.17) is 5.11 Å². The summed E-state index contributed by atoms with van der Waals surface area (Å²) in [5.41, 5.74) is -1.84. The fourth-order valence-electron chi connectivity index (χ4n) is 1.81. The van der Waals surface area contributed by atoms with Gasteiger partial charge in [-0.1, -0.05) is 25.1 Å². The fourth-order valence-corrected chi connectivity index (χ4v) is 1.81. The van der Waals surface area contributed by atoms with Crippen molar-refractivity contribution in [2.24, 2.45) is 5.92 Å². The second-order valence-electron chi connectivity index (χ2n) is 5.72. The van der Waals surface area contributed by atoms with E-state index in [9.17, 15) is 22.8 Å². The van der Waals surface area contributed by atoms with Gasteiger partial charge in [-0.3, -0.25) is 4.79 Å². The lowest BCUT2D eigenvalue weighted by molar-refractivity contribution is -0.146. The Balaban J connectivity index is 2.79. The van der Waals surface area contributed by atoms with Gasteiger partial charge in [0.25, 0.3) is 0 Å². The van der Waals surface area contributed by atoms with E-state index in [2.05, 4.69) is 5.32 Å². The molecule has 1 aromatic rings. The number of halogens is 3. The fraction of sp³-hybridized carbons (Fsp3) is 0.467. The Labute approximate surface area is 126 Å². The molecule has 0 aromatic heterocycles. The van der Waals surface area contributed by atoms with Crippen molar-refractivity contribution in [2.75, 3.05) is 0 Å². The number of rotatable bonds is 5. The zero-order valence-electron chi connectivity index (χ0n) is 12.5. The van der Waals surface area contributed by atoms with Crippen LogP contribution in [0.2, 0.25) is 0 Å². The van der Waals surface area contributed by atoms with Crippen molar-refractivity contribution in [1.29, 1.82) is 0 Å². The van der Waals surface area contributed by atoms with Crippen LogP contribution in [0, 0.1) is 5.92 Å². The monoisotopic (exact) mass is 317 g/mol. The summed E-state index contributed by atoms with van der Waals surface area (Å²) in [6.45, 7) is 4.21. The molecule has 22 heavy (non-hydrogen) atoms. The topological polar surface area (TPSA) is 66.4 Å². The first-order chi connectivity index (χ1) is 9.93. The Kier molecular flexibility index (Phi) is 5.22. The molecule has 0 heterocycles. The molecule has 0 radical (unpaired) electrons. The molecule has 0 aliphatic heterocycles. The molecule has 0 aliphatic carbocycles. The molecule has 4 nitrogen and oxygen atoms in total. The lowest BCUT2D eigenvalue weighted by Crippen LogP contribution is -2.51. The smallest absolute Gasteiger partial charge is 0.416 e. The quantitative estimate of drug-likeness (QED) is 0.877. The molecule has 122 valence electrons. The van der Waals surface area contributed by atoms with E-state index in [0.717, 1.165) is 12.1 Å². The van der Waals surface area contributed by atoms with Crippen LogP contribution in [0.3, 0.4) is 0 Å². The standard InChI is InChI=1S/C15H18F3NO3/c1-9(12(20)19-14(2,3)13(21)22)7-10-5-4-6-11(8-10)15(16,17)18/h4-6,8-9H,7H2,1-3H3,(H,19,20)(H,21,22). The predicted octanol–water partition coefficient (Wildman–Crippen LogP) is 2.86. The number of benzene rings is 1. The number of hydrogen-bond acceptors (Lipinski definition) is 2. The third kappa shape index (κ3) is 4.75. The molecule has 0 spiro atoms. The average Bonchev–Trinajstić information content (AvgIpc) is 2.37. The van der Waals surface area contributed by atoms with Crippen LogP contribution in [0.25, 0.3) is 0 Å². The minimum Gasteiger partial charge on any atom is -0.480 e. The van der Waals surface area contributed by atoms with Crippen LogP contribution in [0.5, 0.6) is 0 Å². The largest absolute Gasteiger partial charge is 0.480 e. The number of alkyl halides is 3. The van der Waals surface area contributed by atoms with Crippen LogP contribution in [0.1, 0.15) is 31.9 Å². The molecular formula is C15H18F3NO3. The zero-order valence-corrected chi connectivity index (χ0v) is 12.5. The van der Waals surface area contributed by atoms with Gasteiger partial charge in [-0.2, -0.15) is 13.2 Å². The minimum absolute atomic E-state index is 0.0887. The maximum atomic E-state index is 12.6. The summed E-state index contributed by atoms with van der Waals surface area (Å²) in [5, 5.41) is 11.3. The van der Waals surface area contributed by atoms with Crippen molar-refractivity contribution in [3.63, 3.8) is 0 Å². The van der Waals surface area contributed by atoms with Crippen LogP contribution in [-0.2, 0) is 22.2 Å². The summed E-state index contributed by atoms with van der Waals surface area (Å²) in [7, 11) is 0. The zero-order chi connectivity index (χ0) is 17.1. The minimum atomic E-state index is -4.44. The number of amides is 1. The number of carboxylic acid groups (broad SMARTS) is 1. The van der Waals surface area contributed by atoms with Crippen LogP contribution in [0.15, 0.2) is 24.3 Å². The highest BCUT2D eigenvalue weighted by Gasteiger charge is 2.32. The highest BCUT2D eigenvalue weighted by Crippen LogP contribution is 2.30. The Morgan fingerprint density at radius 3 is 2.36 bits per heavy atom. The van der Waals surface area contributed by atoms with Gasteiger partial charge in [-0.05, 0) is 31.9 Å². The van der Waals surface area contributed by atoms with E-state index >= 15 is 0 Å². The lowest BCUT2D eigenvalue weighted by atomic mass is 9.97. The molecule has 2 N–H and O–H groups in total. The van der Waals surface area contributed by atoms with Crippen LogP contribution >= 0.6 is 0 Å². The number of nitrogens with one attached hydrogen (secondary N) is 1. The number of carbonyl (C=O) groups is 2. The molecule has 1 amide bonds. The van der Waals surface area contributed by atoms with Crippen molar-refractivity contribution in [3.05, 3.63) is 35.4 Å². The molecule has 7 heteroatoms. The van der Waals surface area contributed by atoms with Gasteiger partial charge in [0, 0.05) is 5.92 Å². The molecule has 1 unspecified atom stereocenters. The van der Waals surface area contributed by atoms with Crippen molar-refractivity contribution in [3.8, 4) is 0 Å². The summed E-state index contributed by atoms with van der Waals surface area (Å²) in [4.78, 5) is 22.9. The number of carbonyl (C=O) groups excluding carboxylic acids is 1. The van der Waals surface area contributed by atoms with Crippen molar-refractivity contribution < 1.29 is 27.9 Å². The molecule has 1 aromatic carbocycles. The van der Waals surface area contributed by atoms with Gasteiger partial charge >= 0.3 is 12.1 Å². The molecule has 0 fully saturated rings. The second kappa shape index (κ2) is 6.37. The number of hydrogen-bond donors (Lipinski definition) is 2. The SMILES string of the molecule is CC(Cc1cccc(C(F)(F)F)c1)C(=O)NC(C)(C)C(=O)O. The Bertz CT molecular complexity index is 567. The second-order valence-corrected chi connectivity index (χ2v) is 5.72. The van der Waals surface area contributed by atoms with Crippen LogP contribution in [-0.4, -0.2) is 22.5 Å². The Morgan fingerprint density at radius 1 is 1.27 bits per heavy atom. The predicted molar refractivity (Wildman–Crippen MR) is 74.2 cm³/mol. The van der Waals surface area contributed by atoms with Crippen molar-refractivity contribution in [1.82, 2.24) is 5.32 Å². The summed E-state index contributed by atoms with van der Waals surface area (Å²) < 4.78 is 37.9. The molecular weight excluding hydrogens is 299 g/mol. The van der Waals surface area contributed by atoms with E-state index < -0.39 is 35.1 Å². The van der Waals surface area contributed by atoms with Gasteiger partial charge < -0.3 is 10.4 Å². The highest BCUT2D eigenvalue weighted by molar-refractivity contribution is 5.87. The molecule has 0 saturated carbocycles. The van der Waals surface area contributed by atoms with Gasteiger partial charge in [0.2, 0.25) is 5.91 Å². The van der Waals surface area contributed by atoms with E-state index in [1.165, 1.54) is 32.9 Å². The van der Waals surface area contributed by atoms with E-state index in [1.807, 2.05) is 0 Å². The van der Waals surface area contributed by atoms with Gasteiger partial charge in [0.15, 0.2) is 0 Å². The van der Waals surface area contributed by atoms with Crippen molar-refractivity contribution in [2.45, 2.75) is 38.9 Å². The van der Waals surface area contributed by atoms with E-state index in [-0.39, 0.29) is 6.42 Å². The van der Waals surface area contributed by atoms with Crippen molar-refractivity contribution >= 4 is 11.9 Å². The molecule has 1 atom stereocenters. The first-order valence-corrected chi connectivity index (χ1v) is 6.65. The first-order valence-electron chi connectivity index (χ1n) is 6.65. The Morgan fingerprint density at radius 2 is 1.86 bits per heavy atom. The lowest BCUT2D eigenvalue weighted by Gasteiger charge is -2.23. The van der Waals surface area contributed by atoms with Gasteiger partial charge in [-0.15, -0.1) is 0 Å². The molecule has 0 saturated heterocycles. The van der Waals surface area contributed by atoms with E-state index in [0.29, 0.717) is 5.56 Å². The number of aliphatic carboxylic acids is 1. The van der Waals surface area contributed by atoms with Gasteiger partial charge in [0.1, 0.15) is 5.54 Å². The van der Waals surface area contributed by atoms with Gasteiger partial charge in [0.05, 0.1) is 5.56 Å². The number of carboxylic acids is 1. The Hall–Kier alpha value is -2.05. The third-order valence-corrected chi connectivity index (χ3v) is 3.21. The molecule has 0 aliphatic rings. The van der Waals surface area contributed by atoms with Crippen LogP contribution < -0.4 is 5.32 Å². The maximum absolute atomic E-state index is 12.6. The maximum Gasteiger partial charge on any atom is 0.416 e. The summed E-state index contributed by atoms with van der Waals surface area (Å²) in [6, 6.07) is 4.74. The highest BCUT2D eigenvalue weighted by atomic mass is 19.4. The average molecular weight is 317 g/mol. The summed E-state index contributed by atoms with van der Waals surface area (Å²) in [6.07, 6.45) is -4.35.